The average molecular weight is 414 g/mol. The summed E-state index contributed by atoms with van der Waals surface area (Å²) in [6.45, 7) is 4.70. The van der Waals surface area contributed by atoms with Gasteiger partial charge < -0.3 is 19.3 Å². The molecule has 8 heteroatoms. The van der Waals surface area contributed by atoms with Crippen LogP contribution in [0.5, 0.6) is 5.75 Å². The van der Waals surface area contributed by atoms with E-state index in [4.69, 9.17) is 9.47 Å². The fraction of sp³-hybridized carbons (Fsp3) is 0.500. The van der Waals surface area contributed by atoms with Crippen LogP contribution in [0.1, 0.15) is 25.5 Å². The molecular formula is C22H27FN4O3. The lowest BCUT2D eigenvalue weighted by Gasteiger charge is -2.42. The molecule has 0 spiro atoms. The van der Waals surface area contributed by atoms with Gasteiger partial charge in [-0.05, 0) is 43.5 Å². The predicted octanol–water partition coefficient (Wildman–Crippen LogP) is 2.45. The maximum Gasteiger partial charge on any atom is 0.248 e. The van der Waals surface area contributed by atoms with Crippen molar-refractivity contribution in [2.45, 2.75) is 38.3 Å². The highest BCUT2D eigenvalue weighted by Crippen LogP contribution is 2.24. The number of piperidine rings is 1. The van der Waals surface area contributed by atoms with Gasteiger partial charge in [0.25, 0.3) is 0 Å². The van der Waals surface area contributed by atoms with Crippen molar-refractivity contribution in [3.05, 3.63) is 48.2 Å². The minimum absolute atomic E-state index is 0.0294. The number of hydrogen-bond donors (Lipinski definition) is 0. The Kier molecular flexibility index (Phi) is 6.42. The largest absolute Gasteiger partial charge is 0.491 e. The zero-order chi connectivity index (χ0) is 20.9. The number of benzene rings is 1. The SMILES string of the molecule is CCc1cc(N2CCC(N3CC(COc4ccc(F)cc4)OCC3=O)CC2)ncn1. The van der Waals surface area contributed by atoms with E-state index >= 15 is 0 Å². The number of morpholine rings is 1. The number of ether oxygens (including phenoxy) is 2. The van der Waals surface area contributed by atoms with E-state index in [9.17, 15) is 9.18 Å². The Morgan fingerprint density at radius 1 is 1.20 bits per heavy atom. The third-order valence-corrected chi connectivity index (χ3v) is 5.71. The number of rotatable bonds is 6. The molecule has 1 unspecified atom stereocenters. The van der Waals surface area contributed by atoms with Crippen LogP contribution < -0.4 is 9.64 Å². The highest BCUT2D eigenvalue weighted by molar-refractivity contribution is 5.78. The third kappa shape index (κ3) is 4.87. The van der Waals surface area contributed by atoms with Crippen LogP contribution in [0.4, 0.5) is 10.2 Å². The van der Waals surface area contributed by atoms with Crippen molar-refractivity contribution in [1.29, 1.82) is 0 Å². The van der Waals surface area contributed by atoms with E-state index in [1.807, 2.05) is 11.0 Å². The third-order valence-electron chi connectivity index (χ3n) is 5.71. The minimum Gasteiger partial charge on any atom is -0.491 e. The molecule has 1 amide bonds. The number of carbonyl (C=O) groups excluding carboxylic acids is 1. The zero-order valence-corrected chi connectivity index (χ0v) is 17.2. The Labute approximate surface area is 175 Å². The van der Waals surface area contributed by atoms with Crippen molar-refractivity contribution < 1.29 is 18.7 Å². The first kappa shape index (κ1) is 20.5. The maximum absolute atomic E-state index is 13.0. The van der Waals surface area contributed by atoms with Crippen molar-refractivity contribution in [1.82, 2.24) is 14.9 Å². The number of nitrogens with zero attached hydrogens (tertiary/aromatic N) is 4. The molecule has 2 aromatic rings. The van der Waals surface area contributed by atoms with Gasteiger partial charge in [-0.2, -0.15) is 0 Å². The van der Waals surface area contributed by atoms with Gasteiger partial charge >= 0.3 is 0 Å². The summed E-state index contributed by atoms with van der Waals surface area (Å²) >= 11 is 0. The van der Waals surface area contributed by atoms with Crippen molar-refractivity contribution in [2.24, 2.45) is 0 Å². The number of hydrogen-bond acceptors (Lipinski definition) is 6. The first-order valence-corrected chi connectivity index (χ1v) is 10.5. The predicted molar refractivity (Wildman–Crippen MR) is 110 cm³/mol. The van der Waals surface area contributed by atoms with Gasteiger partial charge in [-0.25, -0.2) is 14.4 Å². The number of anilines is 1. The summed E-state index contributed by atoms with van der Waals surface area (Å²) in [6, 6.07) is 8.15. The second-order valence-electron chi connectivity index (χ2n) is 7.68. The Morgan fingerprint density at radius 2 is 1.97 bits per heavy atom. The van der Waals surface area contributed by atoms with E-state index in [0.29, 0.717) is 18.9 Å². The summed E-state index contributed by atoms with van der Waals surface area (Å²) < 4.78 is 24.4. The van der Waals surface area contributed by atoms with E-state index in [1.54, 1.807) is 18.5 Å². The van der Waals surface area contributed by atoms with E-state index < -0.39 is 0 Å². The number of carbonyl (C=O) groups is 1. The summed E-state index contributed by atoms with van der Waals surface area (Å²) in [5, 5.41) is 0. The van der Waals surface area contributed by atoms with Crippen LogP contribution in [0.25, 0.3) is 0 Å². The molecule has 0 bridgehead atoms. The van der Waals surface area contributed by atoms with E-state index in [2.05, 4.69) is 21.8 Å². The zero-order valence-electron chi connectivity index (χ0n) is 17.2. The van der Waals surface area contributed by atoms with Crippen LogP contribution in [0.15, 0.2) is 36.7 Å². The van der Waals surface area contributed by atoms with Gasteiger partial charge in [0.05, 0.1) is 6.54 Å². The second kappa shape index (κ2) is 9.38. The monoisotopic (exact) mass is 414 g/mol. The number of halogens is 1. The molecule has 30 heavy (non-hydrogen) atoms. The highest BCUT2D eigenvalue weighted by atomic mass is 19.1. The van der Waals surface area contributed by atoms with E-state index in [0.717, 1.165) is 43.9 Å². The quantitative estimate of drug-likeness (QED) is 0.723. The molecule has 2 aliphatic heterocycles. The molecule has 0 N–H and O–H groups in total. The molecule has 1 atom stereocenters. The van der Waals surface area contributed by atoms with Crippen LogP contribution in [0.2, 0.25) is 0 Å². The van der Waals surface area contributed by atoms with Crippen LogP contribution >= 0.6 is 0 Å². The molecule has 2 saturated heterocycles. The first-order valence-electron chi connectivity index (χ1n) is 10.5. The average Bonchev–Trinajstić information content (AvgIpc) is 2.80. The molecule has 160 valence electrons. The second-order valence-corrected chi connectivity index (χ2v) is 7.68. The van der Waals surface area contributed by atoms with Crippen LogP contribution in [-0.4, -0.2) is 65.8 Å². The standard InChI is InChI=1S/C22H27FN4O3/c1-2-17-11-21(25-15-24-17)26-9-7-18(8-10-26)27-12-20(30-14-22(27)28)13-29-19-5-3-16(23)4-6-19/h3-6,11,15,18,20H,2,7-10,12-14H2,1H3. The number of aromatic nitrogens is 2. The first-order chi connectivity index (χ1) is 14.6. The molecule has 0 aliphatic carbocycles. The van der Waals surface area contributed by atoms with Crippen molar-refractivity contribution in [3.8, 4) is 5.75 Å². The van der Waals surface area contributed by atoms with Gasteiger partial charge in [0.2, 0.25) is 5.91 Å². The van der Waals surface area contributed by atoms with Gasteiger partial charge in [-0.15, -0.1) is 0 Å². The Morgan fingerprint density at radius 3 is 2.70 bits per heavy atom. The summed E-state index contributed by atoms with van der Waals surface area (Å²) in [6.07, 6.45) is 4.10. The van der Waals surface area contributed by atoms with E-state index in [1.165, 1.54) is 12.1 Å². The molecule has 1 aromatic carbocycles. The van der Waals surface area contributed by atoms with Gasteiger partial charge in [0.1, 0.15) is 43.0 Å². The minimum atomic E-state index is -0.299. The molecule has 1 aromatic heterocycles. The summed E-state index contributed by atoms with van der Waals surface area (Å²) in [4.78, 5) is 25.3. The van der Waals surface area contributed by atoms with Gasteiger partial charge in [0, 0.05) is 30.9 Å². The van der Waals surface area contributed by atoms with Gasteiger partial charge in [-0.3, -0.25) is 4.79 Å². The fourth-order valence-electron chi connectivity index (χ4n) is 3.98. The van der Waals surface area contributed by atoms with Gasteiger partial charge in [-0.1, -0.05) is 6.92 Å². The lowest BCUT2D eigenvalue weighted by Crippen LogP contribution is -2.55. The lowest BCUT2D eigenvalue weighted by atomic mass is 10.0. The van der Waals surface area contributed by atoms with Gasteiger partial charge in [0.15, 0.2) is 0 Å². The van der Waals surface area contributed by atoms with E-state index in [-0.39, 0.29) is 30.5 Å². The molecule has 0 saturated carbocycles. The molecule has 3 heterocycles. The summed E-state index contributed by atoms with van der Waals surface area (Å²) in [5.41, 5.74) is 1.04. The fourth-order valence-corrected chi connectivity index (χ4v) is 3.98. The normalized spacial score (nSPS) is 20.5. The van der Waals surface area contributed by atoms with Crippen molar-refractivity contribution >= 4 is 11.7 Å². The smallest absolute Gasteiger partial charge is 0.248 e. The lowest BCUT2D eigenvalue weighted by molar-refractivity contribution is -0.154. The van der Waals surface area contributed by atoms with Crippen LogP contribution in [0.3, 0.4) is 0 Å². The molecule has 2 aliphatic rings. The molecule has 7 nitrogen and oxygen atoms in total. The summed E-state index contributed by atoms with van der Waals surface area (Å²) in [7, 11) is 0. The molecular weight excluding hydrogens is 387 g/mol. The van der Waals surface area contributed by atoms with Crippen molar-refractivity contribution in [3.63, 3.8) is 0 Å². The number of amides is 1. The maximum atomic E-state index is 13.0. The van der Waals surface area contributed by atoms with Crippen molar-refractivity contribution in [2.75, 3.05) is 37.7 Å². The topological polar surface area (TPSA) is 67.8 Å². The summed E-state index contributed by atoms with van der Waals surface area (Å²) in [5.74, 6) is 1.28. The Balaban J connectivity index is 1.30. The molecule has 0 radical (unpaired) electrons. The Hall–Kier alpha value is -2.74. The highest BCUT2D eigenvalue weighted by Gasteiger charge is 2.34. The molecule has 2 fully saturated rings. The van der Waals surface area contributed by atoms with Crippen LogP contribution in [0, 0.1) is 5.82 Å². The Bertz CT molecular complexity index is 856. The number of aryl methyl sites for hydroxylation is 1. The molecule has 4 rings (SSSR count). The van der Waals surface area contributed by atoms with Crippen LogP contribution in [-0.2, 0) is 16.0 Å².